The van der Waals surface area contributed by atoms with Gasteiger partial charge in [0.15, 0.2) is 5.58 Å². The fraction of sp³-hybridized carbons (Fsp3) is 0.194. The Balaban J connectivity index is 1.54. The second-order valence-electron chi connectivity index (χ2n) is 9.36. The van der Waals surface area contributed by atoms with Gasteiger partial charge in [0.05, 0.1) is 11.9 Å². The molecule has 5 rings (SSSR count). The average molecular weight is 432 g/mol. The maximum atomic E-state index is 6.24. The van der Waals surface area contributed by atoms with Gasteiger partial charge in [-0.1, -0.05) is 82.3 Å². The molecule has 0 unspecified atom stereocenters. The van der Waals surface area contributed by atoms with Crippen LogP contribution in [0.2, 0.25) is 0 Å². The van der Waals surface area contributed by atoms with E-state index in [1.54, 1.807) is 0 Å². The number of hydrogen-bond acceptors (Lipinski definition) is 2. The van der Waals surface area contributed by atoms with E-state index in [-0.39, 0.29) is 0 Å². The highest BCUT2D eigenvalue weighted by Gasteiger charge is 2.13. The van der Waals surface area contributed by atoms with Crippen molar-refractivity contribution in [3.05, 3.63) is 102 Å². The molecule has 0 amide bonds. The van der Waals surface area contributed by atoms with Gasteiger partial charge in [0, 0.05) is 16.5 Å². The molecule has 2 aromatic heterocycles. The summed E-state index contributed by atoms with van der Waals surface area (Å²) in [7, 11) is 0. The van der Waals surface area contributed by atoms with Crippen LogP contribution in [0.5, 0.6) is 0 Å². The Labute approximate surface area is 195 Å². The molecule has 0 N–H and O–H groups in total. The summed E-state index contributed by atoms with van der Waals surface area (Å²) in [5.74, 6) is 1.83. The topological polar surface area (TPSA) is 26.0 Å². The molecular formula is C31H29NO. The lowest BCUT2D eigenvalue weighted by molar-refractivity contribution is 0.629. The van der Waals surface area contributed by atoms with Crippen LogP contribution in [0.25, 0.3) is 44.7 Å². The molecule has 0 spiro atoms. The van der Waals surface area contributed by atoms with Crippen molar-refractivity contribution >= 4 is 11.0 Å². The maximum Gasteiger partial charge on any atom is 0.153 e. The SMILES string of the molecule is CC(C)c1cc(-c2cc3cc(-c4cccc(-c5ccccc5)c4)ncc3o2)cc(C(C)C)c1. The van der Waals surface area contributed by atoms with E-state index in [0.29, 0.717) is 11.8 Å². The van der Waals surface area contributed by atoms with Gasteiger partial charge < -0.3 is 4.42 Å². The number of pyridine rings is 1. The molecule has 5 aromatic rings. The molecule has 3 aromatic carbocycles. The van der Waals surface area contributed by atoms with Crippen molar-refractivity contribution in [1.29, 1.82) is 0 Å². The molecule has 2 nitrogen and oxygen atoms in total. The summed E-state index contributed by atoms with van der Waals surface area (Å²) in [6.45, 7) is 8.95. The number of fused-ring (bicyclic) bond motifs is 1. The highest BCUT2D eigenvalue weighted by atomic mass is 16.3. The molecule has 0 atom stereocenters. The summed E-state index contributed by atoms with van der Waals surface area (Å²) in [4.78, 5) is 4.72. The quantitative estimate of drug-likeness (QED) is 0.277. The molecule has 164 valence electrons. The van der Waals surface area contributed by atoms with Crippen LogP contribution >= 0.6 is 0 Å². The molecule has 0 radical (unpaired) electrons. The van der Waals surface area contributed by atoms with E-state index in [9.17, 15) is 0 Å². The lowest BCUT2D eigenvalue weighted by Crippen LogP contribution is -1.94. The summed E-state index contributed by atoms with van der Waals surface area (Å²) < 4.78 is 6.24. The van der Waals surface area contributed by atoms with Crippen molar-refractivity contribution in [3.8, 4) is 33.7 Å². The number of furan rings is 1. The Morgan fingerprint density at radius 2 is 1.27 bits per heavy atom. The Bertz CT molecular complexity index is 1380. The third-order valence-corrected chi connectivity index (χ3v) is 6.27. The van der Waals surface area contributed by atoms with Crippen LogP contribution < -0.4 is 0 Å². The van der Waals surface area contributed by atoms with Crippen molar-refractivity contribution in [2.45, 2.75) is 39.5 Å². The van der Waals surface area contributed by atoms with Gasteiger partial charge in [0.2, 0.25) is 0 Å². The third-order valence-electron chi connectivity index (χ3n) is 6.27. The van der Waals surface area contributed by atoms with Gasteiger partial charge >= 0.3 is 0 Å². The molecule has 33 heavy (non-hydrogen) atoms. The minimum Gasteiger partial charge on any atom is -0.454 e. The predicted octanol–water partition coefficient (Wildman–Crippen LogP) is 9.08. The zero-order chi connectivity index (χ0) is 22.9. The average Bonchev–Trinajstić information content (AvgIpc) is 3.28. The number of hydrogen-bond donors (Lipinski definition) is 0. The van der Waals surface area contributed by atoms with E-state index in [1.807, 2.05) is 12.3 Å². The maximum absolute atomic E-state index is 6.24. The number of nitrogens with zero attached hydrogens (tertiary/aromatic N) is 1. The summed E-state index contributed by atoms with van der Waals surface area (Å²) >= 11 is 0. The van der Waals surface area contributed by atoms with Crippen molar-refractivity contribution < 1.29 is 4.42 Å². The summed E-state index contributed by atoms with van der Waals surface area (Å²) in [5.41, 5.74) is 9.08. The summed E-state index contributed by atoms with van der Waals surface area (Å²) in [6.07, 6.45) is 1.85. The van der Waals surface area contributed by atoms with Crippen molar-refractivity contribution in [2.75, 3.05) is 0 Å². The first-order valence-corrected chi connectivity index (χ1v) is 11.7. The summed E-state index contributed by atoms with van der Waals surface area (Å²) in [5, 5.41) is 1.07. The monoisotopic (exact) mass is 431 g/mol. The molecule has 0 aliphatic rings. The van der Waals surface area contributed by atoms with Gasteiger partial charge in [-0.3, -0.25) is 4.98 Å². The van der Waals surface area contributed by atoms with Crippen LogP contribution in [0, 0.1) is 0 Å². The van der Waals surface area contributed by atoms with Crippen molar-refractivity contribution in [3.63, 3.8) is 0 Å². The molecule has 0 fully saturated rings. The van der Waals surface area contributed by atoms with Crippen LogP contribution in [-0.4, -0.2) is 4.98 Å². The minimum absolute atomic E-state index is 0.469. The zero-order valence-electron chi connectivity index (χ0n) is 19.7. The predicted molar refractivity (Wildman–Crippen MR) is 138 cm³/mol. The highest BCUT2D eigenvalue weighted by Crippen LogP contribution is 2.34. The molecule has 2 heterocycles. The van der Waals surface area contributed by atoms with Crippen LogP contribution in [0.1, 0.15) is 50.7 Å². The van der Waals surface area contributed by atoms with Crippen LogP contribution in [-0.2, 0) is 0 Å². The smallest absolute Gasteiger partial charge is 0.153 e. The van der Waals surface area contributed by atoms with E-state index >= 15 is 0 Å². The van der Waals surface area contributed by atoms with Gasteiger partial charge in [-0.05, 0) is 64.4 Å². The normalized spacial score (nSPS) is 11.6. The van der Waals surface area contributed by atoms with E-state index in [1.165, 1.54) is 22.3 Å². The first-order chi connectivity index (χ1) is 16.0. The van der Waals surface area contributed by atoms with Gasteiger partial charge in [-0.15, -0.1) is 0 Å². The Morgan fingerprint density at radius 3 is 1.97 bits per heavy atom. The van der Waals surface area contributed by atoms with Gasteiger partial charge in [0.25, 0.3) is 0 Å². The first-order valence-electron chi connectivity index (χ1n) is 11.7. The first kappa shape index (κ1) is 21.2. The molecular weight excluding hydrogens is 402 g/mol. The fourth-order valence-electron chi connectivity index (χ4n) is 4.22. The van der Waals surface area contributed by atoms with Gasteiger partial charge in [-0.2, -0.15) is 0 Å². The number of rotatable bonds is 5. The highest BCUT2D eigenvalue weighted by molar-refractivity contribution is 5.86. The lowest BCUT2D eigenvalue weighted by atomic mass is 9.92. The van der Waals surface area contributed by atoms with Crippen molar-refractivity contribution in [1.82, 2.24) is 4.98 Å². The Morgan fingerprint density at radius 1 is 0.606 bits per heavy atom. The Hall–Kier alpha value is -3.65. The minimum atomic E-state index is 0.469. The van der Waals surface area contributed by atoms with Crippen LogP contribution in [0.4, 0.5) is 0 Å². The molecule has 0 saturated heterocycles. The molecule has 0 bridgehead atoms. The second-order valence-corrected chi connectivity index (χ2v) is 9.36. The van der Waals surface area contributed by atoms with E-state index in [2.05, 4.69) is 107 Å². The Kier molecular flexibility index (Phi) is 5.60. The second kappa shape index (κ2) is 8.71. The molecule has 2 heteroatoms. The van der Waals surface area contributed by atoms with Gasteiger partial charge in [-0.25, -0.2) is 0 Å². The van der Waals surface area contributed by atoms with E-state index in [0.717, 1.165) is 33.6 Å². The fourth-order valence-corrected chi connectivity index (χ4v) is 4.22. The van der Waals surface area contributed by atoms with E-state index < -0.39 is 0 Å². The number of benzene rings is 3. The van der Waals surface area contributed by atoms with Crippen molar-refractivity contribution in [2.24, 2.45) is 0 Å². The number of aromatic nitrogens is 1. The van der Waals surface area contributed by atoms with Gasteiger partial charge in [0.1, 0.15) is 5.76 Å². The largest absolute Gasteiger partial charge is 0.454 e. The van der Waals surface area contributed by atoms with Crippen LogP contribution in [0.3, 0.4) is 0 Å². The molecule has 0 aliphatic carbocycles. The zero-order valence-corrected chi connectivity index (χ0v) is 19.7. The standard InChI is InChI=1S/C31H29NO/c1-20(2)25-14-26(21(3)4)16-27(15-25)30-18-28-17-29(32-19-31(28)33-30)24-12-8-11-23(13-24)22-9-6-5-7-10-22/h5-21H,1-4H3. The van der Waals surface area contributed by atoms with Crippen LogP contribution in [0.15, 0.2) is 95.5 Å². The summed E-state index contributed by atoms with van der Waals surface area (Å²) in [6, 6.07) is 30.1. The van der Waals surface area contributed by atoms with E-state index in [4.69, 9.17) is 9.40 Å². The lowest BCUT2D eigenvalue weighted by Gasteiger charge is -2.13. The molecule has 0 aliphatic heterocycles. The third kappa shape index (κ3) is 4.34. The molecule has 0 saturated carbocycles.